The molecule has 8 nitrogen and oxygen atoms in total. The van der Waals surface area contributed by atoms with Gasteiger partial charge in [-0.1, -0.05) is 6.92 Å². The maximum absolute atomic E-state index is 13.0. The molecule has 4 rings (SSSR count). The van der Waals surface area contributed by atoms with Crippen molar-refractivity contribution in [3.63, 3.8) is 0 Å². The van der Waals surface area contributed by atoms with Crippen molar-refractivity contribution < 1.29 is 27.6 Å². The fraction of sp³-hybridized carbons (Fsp3) is 0.905. The summed E-state index contributed by atoms with van der Waals surface area (Å²) in [5, 5.41) is 0. The maximum atomic E-state index is 13.0. The lowest BCUT2D eigenvalue weighted by molar-refractivity contribution is -0.184. The van der Waals surface area contributed by atoms with Crippen LogP contribution in [0.1, 0.15) is 59.3 Å². The standard InChI is InChI=1S/C21H36N2O6S2/c1-13(2)23(31(4,26)27)11-18(28-19(24)14(3)12-30)20(25)29-22-21-8-15-5-16(9-21)7-17(6-15)10-21/h13-18,22,30H,5-12H2,1-4H3/t14-,15?,16?,17?,18+,21?/m1/s1. The lowest BCUT2D eigenvalue weighted by atomic mass is 9.53. The number of ether oxygens (including phenoxy) is 1. The Morgan fingerprint density at radius 1 is 1.06 bits per heavy atom. The molecular formula is C21H36N2O6S2. The molecule has 0 aromatic heterocycles. The molecule has 4 bridgehead atoms. The molecular weight excluding hydrogens is 440 g/mol. The predicted molar refractivity (Wildman–Crippen MR) is 120 cm³/mol. The lowest BCUT2D eigenvalue weighted by Crippen LogP contribution is -2.59. The van der Waals surface area contributed by atoms with E-state index in [-0.39, 0.29) is 17.8 Å². The van der Waals surface area contributed by atoms with E-state index in [1.165, 1.54) is 19.3 Å². The van der Waals surface area contributed by atoms with Crippen molar-refractivity contribution in [3.8, 4) is 0 Å². The molecule has 2 atom stereocenters. The second-order valence-electron chi connectivity index (χ2n) is 10.2. The van der Waals surface area contributed by atoms with E-state index in [4.69, 9.17) is 9.57 Å². The summed E-state index contributed by atoms with van der Waals surface area (Å²) in [5.74, 6) is 0.359. The molecule has 0 aromatic rings. The molecule has 0 heterocycles. The number of hydrogen-bond acceptors (Lipinski definition) is 8. The summed E-state index contributed by atoms with van der Waals surface area (Å²) >= 11 is 4.10. The molecule has 4 saturated carbocycles. The van der Waals surface area contributed by atoms with Gasteiger partial charge in [0, 0.05) is 11.8 Å². The van der Waals surface area contributed by atoms with E-state index in [1.807, 2.05) is 0 Å². The van der Waals surface area contributed by atoms with Crippen LogP contribution in [0.3, 0.4) is 0 Å². The Kier molecular flexibility index (Phi) is 7.65. The summed E-state index contributed by atoms with van der Waals surface area (Å²) in [4.78, 5) is 30.8. The van der Waals surface area contributed by atoms with Gasteiger partial charge in [0.1, 0.15) is 0 Å². The maximum Gasteiger partial charge on any atom is 0.367 e. The Bertz CT molecular complexity index is 749. The average molecular weight is 477 g/mol. The number of nitrogens with one attached hydrogen (secondary N) is 1. The highest BCUT2D eigenvalue weighted by Gasteiger charge is 2.52. The smallest absolute Gasteiger partial charge is 0.367 e. The van der Waals surface area contributed by atoms with Crippen LogP contribution in [0.4, 0.5) is 0 Å². The summed E-state index contributed by atoms with van der Waals surface area (Å²) in [6, 6.07) is -0.401. The van der Waals surface area contributed by atoms with Gasteiger partial charge in [-0.2, -0.15) is 16.9 Å². The van der Waals surface area contributed by atoms with E-state index in [0.29, 0.717) is 17.8 Å². The molecule has 0 amide bonds. The molecule has 0 aromatic carbocycles. The van der Waals surface area contributed by atoms with Crippen LogP contribution in [-0.4, -0.2) is 60.9 Å². The van der Waals surface area contributed by atoms with Crippen molar-refractivity contribution in [2.24, 2.45) is 23.7 Å². The molecule has 4 aliphatic rings. The average Bonchev–Trinajstić information content (AvgIpc) is 2.66. The number of rotatable bonds is 10. The van der Waals surface area contributed by atoms with E-state index >= 15 is 0 Å². The molecule has 10 heteroatoms. The molecule has 178 valence electrons. The van der Waals surface area contributed by atoms with Crippen LogP contribution in [0.2, 0.25) is 0 Å². The van der Waals surface area contributed by atoms with Gasteiger partial charge in [-0.15, -0.1) is 5.48 Å². The molecule has 0 spiro atoms. The van der Waals surface area contributed by atoms with Gasteiger partial charge >= 0.3 is 11.9 Å². The van der Waals surface area contributed by atoms with Crippen molar-refractivity contribution >= 4 is 34.6 Å². The van der Waals surface area contributed by atoms with Gasteiger partial charge in [0.15, 0.2) is 0 Å². The number of carbonyl (C=O) groups excluding carboxylic acids is 2. The van der Waals surface area contributed by atoms with Crippen molar-refractivity contribution in [3.05, 3.63) is 0 Å². The third kappa shape index (κ3) is 5.94. The minimum Gasteiger partial charge on any atom is -0.449 e. The van der Waals surface area contributed by atoms with E-state index in [2.05, 4.69) is 18.1 Å². The van der Waals surface area contributed by atoms with Gasteiger partial charge in [0.2, 0.25) is 16.1 Å². The van der Waals surface area contributed by atoms with E-state index < -0.39 is 40.0 Å². The number of nitrogens with zero attached hydrogens (tertiary/aromatic N) is 1. The minimum atomic E-state index is -3.61. The molecule has 0 aliphatic heterocycles. The van der Waals surface area contributed by atoms with Crippen LogP contribution in [-0.2, 0) is 29.2 Å². The first-order chi connectivity index (χ1) is 14.4. The monoisotopic (exact) mass is 476 g/mol. The summed E-state index contributed by atoms with van der Waals surface area (Å²) in [6.45, 7) is 4.76. The van der Waals surface area contributed by atoms with Crippen LogP contribution in [0.15, 0.2) is 0 Å². The third-order valence-electron chi connectivity index (χ3n) is 6.95. The van der Waals surface area contributed by atoms with Gasteiger partial charge in [-0.25, -0.2) is 13.2 Å². The van der Waals surface area contributed by atoms with Crippen LogP contribution in [0, 0.1) is 23.7 Å². The predicted octanol–water partition coefficient (Wildman–Crippen LogP) is 2.15. The quantitative estimate of drug-likeness (QED) is 0.283. The Labute approximate surface area is 191 Å². The minimum absolute atomic E-state index is 0.216. The summed E-state index contributed by atoms with van der Waals surface area (Å²) < 4.78 is 30.9. The zero-order valence-electron chi connectivity index (χ0n) is 18.9. The fourth-order valence-corrected chi connectivity index (χ4v) is 7.16. The SMILES string of the molecule is CC(C)N(C[C@H](OC(=O)[C@H](C)CS)C(=O)ONC12CC3CC(CC(C3)C1)C2)S(C)(=O)=O. The van der Waals surface area contributed by atoms with Gasteiger partial charge < -0.3 is 9.57 Å². The van der Waals surface area contributed by atoms with Crippen LogP contribution in [0.5, 0.6) is 0 Å². The zero-order chi connectivity index (χ0) is 23.0. The number of hydroxylamine groups is 1. The van der Waals surface area contributed by atoms with Gasteiger partial charge in [-0.05, 0) is 70.1 Å². The molecule has 0 unspecified atom stereocenters. The first kappa shape index (κ1) is 24.8. The van der Waals surface area contributed by atoms with E-state index in [0.717, 1.165) is 29.8 Å². The van der Waals surface area contributed by atoms with Gasteiger partial charge in [-0.3, -0.25) is 4.79 Å². The Balaban J connectivity index is 1.70. The third-order valence-corrected chi connectivity index (χ3v) is 8.92. The van der Waals surface area contributed by atoms with Crippen molar-refractivity contribution in [1.29, 1.82) is 0 Å². The summed E-state index contributed by atoms with van der Waals surface area (Å²) in [5.41, 5.74) is 2.82. The van der Waals surface area contributed by atoms with E-state index in [9.17, 15) is 18.0 Å². The highest BCUT2D eigenvalue weighted by atomic mass is 32.2. The van der Waals surface area contributed by atoms with Crippen molar-refractivity contribution in [2.45, 2.75) is 77.0 Å². The first-order valence-corrected chi connectivity index (χ1v) is 13.7. The summed E-state index contributed by atoms with van der Waals surface area (Å²) in [7, 11) is -3.61. The molecule has 4 fully saturated rings. The zero-order valence-corrected chi connectivity index (χ0v) is 20.6. The fourth-order valence-electron chi connectivity index (χ4n) is 5.84. The molecule has 0 radical (unpaired) electrons. The van der Waals surface area contributed by atoms with Crippen molar-refractivity contribution in [1.82, 2.24) is 9.79 Å². The second kappa shape index (κ2) is 9.57. The Hall–Kier alpha value is -0.840. The number of thiol groups is 1. The van der Waals surface area contributed by atoms with Crippen LogP contribution >= 0.6 is 12.6 Å². The Morgan fingerprint density at radius 3 is 2.00 bits per heavy atom. The molecule has 4 aliphatic carbocycles. The first-order valence-electron chi connectivity index (χ1n) is 11.2. The van der Waals surface area contributed by atoms with Crippen LogP contribution in [0.25, 0.3) is 0 Å². The second-order valence-corrected chi connectivity index (χ2v) is 12.5. The number of esters is 1. The highest BCUT2D eigenvalue weighted by molar-refractivity contribution is 7.88. The molecule has 1 N–H and O–H groups in total. The number of hydrogen-bond donors (Lipinski definition) is 2. The highest BCUT2D eigenvalue weighted by Crippen LogP contribution is 2.55. The lowest BCUT2D eigenvalue weighted by Gasteiger charge is -2.56. The summed E-state index contributed by atoms with van der Waals surface area (Å²) in [6.07, 6.45) is 6.44. The largest absolute Gasteiger partial charge is 0.449 e. The van der Waals surface area contributed by atoms with Gasteiger partial charge in [0.25, 0.3) is 0 Å². The molecule has 31 heavy (non-hydrogen) atoms. The van der Waals surface area contributed by atoms with E-state index in [1.54, 1.807) is 20.8 Å². The topological polar surface area (TPSA) is 102 Å². The Morgan fingerprint density at radius 2 is 1.58 bits per heavy atom. The number of carbonyl (C=O) groups is 2. The van der Waals surface area contributed by atoms with Crippen molar-refractivity contribution in [2.75, 3.05) is 18.6 Å². The molecule has 0 saturated heterocycles. The normalized spacial score (nSPS) is 31.6. The van der Waals surface area contributed by atoms with Crippen LogP contribution < -0.4 is 5.48 Å². The number of sulfonamides is 1. The van der Waals surface area contributed by atoms with Gasteiger partial charge in [0.05, 0.1) is 24.3 Å².